The largest absolute Gasteiger partial charge is 0.326 e. The molecule has 0 spiro atoms. The lowest BCUT2D eigenvalue weighted by Crippen LogP contribution is -2.26. The molecule has 0 bridgehead atoms. The molecule has 5 heteroatoms. The van der Waals surface area contributed by atoms with Gasteiger partial charge in [-0.15, -0.1) is 0 Å². The highest BCUT2D eigenvalue weighted by Crippen LogP contribution is 2.16. The molecule has 0 heterocycles. The fourth-order valence-corrected chi connectivity index (χ4v) is 2.34. The van der Waals surface area contributed by atoms with Crippen molar-refractivity contribution in [3.63, 3.8) is 0 Å². The monoisotopic (exact) mass is 330 g/mol. The van der Waals surface area contributed by atoms with Crippen molar-refractivity contribution in [3.8, 4) is 0 Å². The van der Waals surface area contributed by atoms with Gasteiger partial charge < -0.3 is 10.2 Å². The van der Waals surface area contributed by atoms with Gasteiger partial charge in [0.15, 0.2) is 0 Å². The van der Waals surface area contributed by atoms with Crippen LogP contribution in [0.15, 0.2) is 54.6 Å². The fraction of sp³-hybridized carbons (Fsp3) is 0.222. The summed E-state index contributed by atoms with van der Waals surface area (Å²) in [6.07, 6.45) is 1.12. The average molecular weight is 331 g/mol. The molecule has 0 aliphatic carbocycles. The molecule has 120 valence electrons. The van der Waals surface area contributed by atoms with Crippen LogP contribution >= 0.6 is 11.6 Å². The van der Waals surface area contributed by atoms with Gasteiger partial charge >= 0.3 is 0 Å². The second-order valence-corrected chi connectivity index (χ2v) is 5.64. The predicted molar refractivity (Wildman–Crippen MR) is 93.8 cm³/mol. The van der Waals surface area contributed by atoms with Crippen LogP contribution < -0.4 is 10.2 Å². The van der Waals surface area contributed by atoms with Crippen molar-refractivity contribution in [1.29, 1.82) is 0 Å². The molecule has 0 aliphatic heterocycles. The number of carbonyl (C=O) groups excluding carboxylic acids is 2. The highest BCUT2D eigenvalue weighted by atomic mass is 35.5. The van der Waals surface area contributed by atoms with E-state index in [4.69, 9.17) is 11.6 Å². The van der Waals surface area contributed by atoms with Crippen molar-refractivity contribution >= 4 is 34.8 Å². The molecule has 0 unspecified atom stereocenters. The van der Waals surface area contributed by atoms with Crippen LogP contribution in [0.3, 0.4) is 0 Å². The smallest absolute Gasteiger partial charge is 0.226 e. The zero-order valence-corrected chi connectivity index (χ0v) is 13.7. The Hall–Kier alpha value is -2.33. The van der Waals surface area contributed by atoms with Crippen molar-refractivity contribution in [3.05, 3.63) is 59.6 Å². The van der Waals surface area contributed by atoms with Crippen LogP contribution in [0.1, 0.15) is 19.3 Å². The first-order valence-electron chi connectivity index (χ1n) is 7.43. The first-order chi connectivity index (χ1) is 11.1. The van der Waals surface area contributed by atoms with Crippen molar-refractivity contribution < 1.29 is 9.59 Å². The van der Waals surface area contributed by atoms with Crippen LogP contribution in [0, 0.1) is 0 Å². The molecule has 0 fully saturated rings. The van der Waals surface area contributed by atoms with Gasteiger partial charge in [-0.2, -0.15) is 0 Å². The van der Waals surface area contributed by atoms with Crippen LogP contribution in [0.25, 0.3) is 0 Å². The number of halogens is 1. The Morgan fingerprint density at radius 1 is 1.04 bits per heavy atom. The lowest BCUT2D eigenvalue weighted by Gasteiger charge is -2.17. The van der Waals surface area contributed by atoms with Crippen LogP contribution in [0.5, 0.6) is 0 Å². The van der Waals surface area contributed by atoms with E-state index < -0.39 is 0 Å². The Labute approximate surface area is 141 Å². The van der Waals surface area contributed by atoms with Gasteiger partial charge in [-0.3, -0.25) is 9.59 Å². The van der Waals surface area contributed by atoms with Gasteiger partial charge in [0, 0.05) is 36.3 Å². The number of amides is 2. The first kappa shape index (κ1) is 17.0. The molecule has 2 aromatic rings. The Balaban J connectivity index is 1.76. The lowest BCUT2D eigenvalue weighted by atomic mass is 10.2. The molecule has 0 radical (unpaired) electrons. The SMILES string of the molecule is CN(C(=O)CCCC(=O)Nc1cccc(Cl)c1)c1ccccc1. The molecule has 0 aromatic heterocycles. The van der Waals surface area contributed by atoms with E-state index in [0.29, 0.717) is 30.0 Å². The number of hydrogen-bond acceptors (Lipinski definition) is 2. The first-order valence-corrected chi connectivity index (χ1v) is 7.81. The standard InChI is InChI=1S/C18H19ClN2O2/c1-21(16-9-3-2-4-10-16)18(23)12-6-11-17(22)20-15-8-5-7-14(19)13-15/h2-5,7-10,13H,6,11-12H2,1H3,(H,20,22). The number of para-hydroxylation sites is 1. The third-order valence-electron chi connectivity index (χ3n) is 3.42. The molecule has 0 atom stereocenters. The van der Waals surface area contributed by atoms with Crippen LogP contribution in [-0.4, -0.2) is 18.9 Å². The van der Waals surface area contributed by atoms with Crippen LogP contribution in [0.4, 0.5) is 11.4 Å². The van der Waals surface area contributed by atoms with Crippen LogP contribution in [0.2, 0.25) is 5.02 Å². The van der Waals surface area contributed by atoms with E-state index in [1.54, 1.807) is 36.2 Å². The number of rotatable bonds is 6. The topological polar surface area (TPSA) is 49.4 Å². The number of benzene rings is 2. The molecule has 2 rings (SSSR count). The van der Waals surface area contributed by atoms with E-state index in [0.717, 1.165) is 5.69 Å². The minimum absolute atomic E-state index is 0.00763. The molecule has 1 N–H and O–H groups in total. The van der Waals surface area contributed by atoms with E-state index in [9.17, 15) is 9.59 Å². The predicted octanol–water partition coefficient (Wildman–Crippen LogP) is 4.11. The second-order valence-electron chi connectivity index (χ2n) is 5.20. The summed E-state index contributed by atoms with van der Waals surface area (Å²) in [7, 11) is 1.74. The van der Waals surface area contributed by atoms with Gasteiger partial charge in [0.25, 0.3) is 0 Å². The third kappa shape index (κ3) is 5.42. The van der Waals surface area contributed by atoms with E-state index in [1.807, 2.05) is 30.3 Å². The maximum absolute atomic E-state index is 12.1. The summed E-state index contributed by atoms with van der Waals surface area (Å²) in [6, 6.07) is 16.4. The van der Waals surface area contributed by atoms with Gasteiger partial charge in [0.2, 0.25) is 11.8 Å². The van der Waals surface area contributed by atoms with Crippen molar-refractivity contribution in [2.45, 2.75) is 19.3 Å². The quantitative estimate of drug-likeness (QED) is 0.866. The normalized spacial score (nSPS) is 10.2. The maximum Gasteiger partial charge on any atom is 0.226 e. The summed E-state index contributed by atoms with van der Waals surface area (Å²) in [5.74, 6) is -0.130. The number of nitrogens with one attached hydrogen (secondary N) is 1. The number of nitrogens with zero attached hydrogens (tertiary/aromatic N) is 1. The van der Waals surface area contributed by atoms with Gasteiger partial charge in [0.1, 0.15) is 0 Å². The van der Waals surface area contributed by atoms with E-state index in [-0.39, 0.29) is 11.8 Å². The van der Waals surface area contributed by atoms with Crippen molar-refractivity contribution in [2.24, 2.45) is 0 Å². The number of hydrogen-bond donors (Lipinski definition) is 1. The van der Waals surface area contributed by atoms with Crippen molar-refractivity contribution in [2.75, 3.05) is 17.3 Å². The summed E-state index contributed by atoms with van der Waals surface area (Å²) in [5.41, 5.74) is 1.51. The van der Waals surface area contributed by atoms with Crippen LogP contribution in [-0.2, 0) is 9.59 Å². The van der Waals surface area contributed by atoms with E-state index >= 15 is 0 Å². The van der Waals surface area contributed by atoms with Crippen molar-refractivity contribution in [1.82, 2.24) is 0 Å². The Kier molecular flexibility index (Phi) is 6.18. The molecule has 2 aromatic carbocycles. The lowest BCUT2D eigenvalue weighted by molar-refractivity contribution is -0.118. The second kappa shape index (κ2) is 8.34. The third-order valence-corrected chi connectivity index (χ3v) is 3.66. The molecular weight excluding hydrogens is 312 g/mol. The zero-order chi connectivity index (χ0) is 16.7. The summed E-state index contributed by atoms with van der Waals surface area (Å²) < 4.78 is 0. The minimum atomic E-state index is -0.123. The number of carbonyl (C=O) groups is 2. The summed E-state index contributed by atoms with van der Waals surface area (Å²) in [4.78, 5) is 25.6. The molecule has 2 amide bonds. The zero-order valence-electron chi connectivity index (χ0n) is 13.0. The molecule has 4 nitrogen and oxygen atoms in total. The van der Waals surface area contributed by atoms with Gasteiger partial charge in [-0.05, 0) is 36.8 Å². The molecule has 23 heavy (non-hydrogen) atoms. The van der Waals surface area contributed by atoms with Gasteiger partial charge in [-0.25, -0.2) is 0 Å². The minimum Gasteiger partial charge on any atom is -0.326 e. The van der Waals surface area contributed by atoms with E-state index in [1.165, 1.54) is 0 Å². The maximum atomic E-state index is 12.1. The summed E-state index contributed by atoms with van der Waals surface area (Å²) >= 11 is 5.87. The highest BCUT2D eigenvalue weighted by Gasteiger charge is 2.11. The fourth-order valence-electron chi connectivity index (χ4n) is 2.15. The Morgan fingerprint density at radius 2 is 1.78 bits per heavy atom. The molecular formula is C18H19ClN2O2. The highest BCUT2D eigenvalue weighted by molar-refractivity contribution is 6.30. The summed E-state index contributed by atoms with van der Waals surface area (Å²) in [5, 5.41) is 3.34. The molecule has 0 saturated heterocycles. The average Bonchev–Trinajstić information content (AvgIpc) is 2.55. The van der Waals surface area contributed by atoms with Gasteiger partial charge in [-0.1, -0.05) is 35.9 Å². The number of anilines is 2. The molecule has 0 saturated carbocycles. The molecule has 0 aliphatic rings. The Morgan fingerprint density at radius 3 is 2.48 bits per heavy atom. The Bertz CT molecular complexity index is 674. The van der Waals surface area contributed by atoms with E-state index in [2.05, 4.69) is 5.32 Å². The summed E-state index contributed by atoms with van der Waals surface area (Å²) in [6.45, 7) is 0. The van der Waals surface area contributed by atoms with Gasteiger partial charge in [0.05, 0.1) is 0 Å².